The van der Waals surface area contributed by atoms with Gasteiger partial charge in [0.05, 0.1) is 5.92 Å². The van der Waals surface area contributed by atoms with Crippen LogP contribution in [0.15, 0.2) is 16.7 Å². The van der Waals surface area contributed by atoms with E-state index in [0.29, 0.717) is 31.6 Å². The van der Waals surface area contributed by atoms with Gasteiger partial charge in [-0.05, 0) is 51.7 Å². The molecule has 2 fully saturated rings. The first kappa shape index (κ1) is 19.1. The second-order valence-electron chi connectivity index (χ2n) is 9.84. The molecule has 1 spiro atoms. The van der Waals surface area contributed by atoms with Crippen molar-refractivity contribution >= 4 is 28.9 Å². The summed E-state index contributed by atoms with van der Waals surface area (Å²) in [6.07, 6.45) is 2.17. The number of benzene rings is 1. The number of aromatic nitrogens is 1. The molecule has 1 N–H and O–H groups in total. The molecule has 1 aromatic carbocycles. The van der Waals surface area contributed by atoms with Gasteiger partial charge in [0.25, 0.3) is 0 Å². The normalized spacial score (nSPS) is 22.8. The zero-order chi connectivity index (χ0) is 21.3. The molecule has 2 aliphatic heterocycles. The van der Waals surface area contributed by atoms with Gasteiger partial charge in [0.15, 0.2) is 5.58 Å². The van der Waals surface area contributed by atoms with Crippen molar-refractivity contribution in [1.82, 2.24) is 15.4 Å². The lowest BCUT2D eigenvalue weighted by atomic mass is 9.77. The third-order valence-corrected chi connectivity index (χ3v) is 6.26. The van der Waals surface area contributed by atoms with E-state index >= 15 is 0 Å². The van der Waals surface area contributed by atoms with E-state index in [9.17, 15) is 14.4 Å². The number of nitrogens with zero attached hydrogens (tertiary/aromatic N) is 2. The average molecular weight is 411 g/mol. The summed E-state index contributed by atoms with van der Waals surface area (Å²) in [7, 11) is 0. The number of hydrogen-bond donors (Lipinski definition) is 1. The number of carbonyl (C=O) groups excluding carboxylic acids is 3. The molecule has 3 aliphatic rings. The van der Waals surface area contributed by atoms with Crippen LogP contribution in [-0.2, 0) is 27.2 Å². The lowest BCUT2D eigenvalue weighted by Crippen LogP contribution is -2.59. The lowest BCUT2D eigenvalue weighted by molar-refractivity contribution is -0.134. The van der Waals surface area contributed by atoms with Crippen LogP contribution < -0.4 is 5.32 Å². The fourth-order valence-corrected chi connectivity index (χ4v) is 4.97. The zero-order valence-corrected chi connectivity index (χ0v) is 17.4. The number of fused-ring (bicyclic) bond motifs is 3. The third kappa shape index (κ3) is 3.05. The Hall–Kier alpha value is -2.90. The minimum absolute atomic E-state index is 0.00903. The summed E-state index contributed by atoms with van der Waals surface area (Å²) in [6, 6.07) is 4.04. The van der Waals surface area contributed by atoms with Crippen molar-refractivity contribution in [2.75, 3.05) is 13.1 Å². The van der Waals surface area contributed by atoms with Crippen LogP contribution in [0.2, 0.25) is 0 Å². The molecule has 8 heteroatoms. The molecule has 2 aromatic rings. The largest absolute Gasteiger partial charge is 0.444 e. The lowest BCUT2D eigenvalue weighted by Gasteiger charge is -2.48. The second-order valence-corrected chi connectivity index (χ2v) is 9.84. The Morgan fingerprint density at radius 1 is 1.27 bits per heavy atom. The van der Waals surface area contributed by atoms with Gasteiger partial charge in [0, 0.05) is 35.9 Å². The molecule has 1 aromatic heterocycles. The van der Waals surface area contributed by atoms with E-state index in [2.05, 4.69) is 16.5 Å². The molecule has 0 bridgehead atoms. The van der Waals surface area contributed by atoms with Crippen molar-refractivity contribution < 1.29 is 23.6 Å². The molecule has 8 nitrogen and oxygen atoms in total. The molecule has 3 heterocycles. The highest BCUT2D eigenvalue weighted by Gasteiger charge is 2.50. The van der Waals surface area contributed by atoms with Crippen LogP contribution in [0.3, 0.4) is 0 Å². The monoisotopic (exact) mass is 411 g/mol. The first-order valence-corrected chi connectivity index (χ1v) is 10.4. The molecule has 0 saturated carbocycles. The van der Waals surface area contributed by atoms with Gasteiger partial charge in [0.2, 0.25) is 11.8 Å². The van der Waals surface area contributed by atoms with Crippen LogP contribution in [0.4, 0.5) is 4.79 Å². The van der Waals surface area contributed by atoms with Gasteiger partial charge in [-0.2, -0.15) is 0 Å². The van der Waals surface area contributed by atoms with Crippen LogP contribution >= 0.6 is 0 Å². The van der Waals surface area contributed by atoms with Crippen molar-refractivity contribution in [1.29, 1.82) is 0 Å². The van der Waals surface area contributed by atoms with Crippen LogP contribution in [0.5, 0.6) is 0 Å². The fourth-order valence-electron chi connectivity index (χ4n) is 4.97. The maximum Gasteiger partial charge on any atom is 0.410 e. The van der Waals surface area contributed by atoms with E-state index in [0.717, 1.165) is 29.4 Å². The van der Waals surface area contributed by atoms with E-state index in [-0.39, 0.29) is 23.3 Å². The molecule has 5 rings (SSSR count). The Labute approximate surface area is 173 Å². The van der Waals surface area contributed by atoms with Gasteiger partial charge in [-0.25, -0.2) is 4.79 Å². The molecular formula is C22H25N3O5. The van der Waals surface area contributed by atoms with Gasteiger partial charge in [-0.1, -0.05) is 11.2 Å². The first-order chi connectivity index (χ1) is 14.1. The van der Waals surface area contributed by atoms with Crippen LogP contribution in [-0.4, -0.2) is 46.7 Å². The molecule has 1 atom stereocenters. The Morgan fingerprint density at radius 3 is 2.73 bits per heavy atom. The van der Waals surface area contributed by atoms with Crippen LogP contribution in [0, 0.1) is 5.41 Å². The summed E-state index contributed by atoms with van der Waals surface area (Å²) in [5.74, 6) is -1.03. The molecule has 3 amide bonds. The van der Waals surface area contributed by atoms with E-state index < -0.39 is 11.5 Å². The maximum atomic E-state index is 12.3. The molecule has 2 saturated heterocycles. The second kappa shape index (κ2) is 6.30. The summed E-state index contributed by atoms with van der Waals surface area (Å²) < 4.78 is 11.2. The van der Waals surface area contributed by atoms with Crippen LogP contribution in [0.25, 0.3) is 11.0 Å². The van der Waals surface area contributed by atoms with Gasteiger partial charge in [-0.3, -0.25) is 14.9 Å². The van der Waals surface area contributed by atoms with E-state index in [1.165, 1.54) is 5.56 Å². The van der Waals surface area contributed by atoms with Crippen molar-refractivity contribution in [3.63, 3.8) is 0 Å². The fraction of sp³-hybridized carbons (Fsp3) is 0.545. The number of hydrogen-bond acceptors (Lipinski definition) is 6. The number of likely N-dealkylation sites (tertiary alicyclic amines) is 1. The summed E-state index contributed by atoms with van der Waals surface area (Å²) in [4.78, 5) is 37.8. The number of amides is 3. The number of nitrogens with one attached hydrogen (secondary N) is 1. The summed E-state index contributed by atoms with van der Waals surface area (Å²) in [6.45, 7) is 6.92. The molecular weight excluding hydrogens is 386 g/mol. The van der Waals surface area contributed by atoms with Crippen molar-refractivity contribution in [2.45, 2.75) is 58.0 Å². The quantitative estimate of drug-likeness (QED) is 0.724. The highest BCUT2D eigenvalue weighted by Crippen LogP contribution is 2.47. The zero-order valence-electron chi connectivity index (χ0n) is 17.4. The number of imide groups is 1. The van der Waals surface area contributed by atoms with Crippen molar-refractivity contribution in [2.24, 2.45) is 5.41 Å². The smallest absolute Gasteiger partial charge is 0.410 e. The van der Waals surface area contributed by atoms with Gasteiger partial charge >= 0.3 is 6.09 Å². The van der Waals surface area contributed by atoms with E-state index in [1.807, 2.05) is 26.8 Å². The third-order valence-electron chi connectivity index (χ3n) is 6.26. The molecule has 1 unspecified atom stereocenters. The van der Waals surface area contributed by atoms with Gasteiger partial charge < -0.3 is 14.2 Å². The summed E-state index contributed by atoms with van der Waals surface area (Å²) in [5.41, 5.74) is 3.15. The minimum atomic E-state index is -0.503. The number of ether oxygens (including phenoxy) is 1. The summed E-state index contributed by atoms with van der Waals surface area (Å²) in [5, 5.41) is 7.44. The predicted octanol–water partition coefficient (Wildman–Crippen LogP) is 2.68. The topological polar surface area (TPSA) is 102 Å². The first-order valence-electron chi connectivity index (χ1n) is 10.4. The van der Waals surface area contributed by atoms with E-state index in [1.54, 1.807) is 4.90 Å². The molecule has 158 valence electrons. The van der Waals surface area contributed by atoms with Crippen molar-refractivity contribution in [3.8, 4) is 0 Å². The SMILES string of the molecule is CC(C)(C)OC(=O)N1CC2(Cc3ccc4c(C5CCC(=O)NC5=O)noc4c3C2)C1. The highest BCUT2D eigenvalue weighted by molar-refractivity contribution is 6.02. The highest BCUT2D eigenvalue weighted by atomic mass is 16.6. The number of carbonyl (C=O) groups is 3. The maximum absolute atomic E-state index is 12.3. The Kier molecular flexibility index (Phi) is 4.01. The minimum Gasteiger partial charge on any atom is -0.444 e. The number of piperidine rings is 1. The van der Waals surface area contributed by atoms with Crippen molar-refractivity contribution in [3.05, 3.63) is 29.0 Å². The van der Waals surface area contributed by atoms with Gasteiger partial charge in [-0.15, -0.1) is 0 Å². The Balaban J connectivity index is 1.36. The molecule has 1 aliphatic carbocycles. The van der Waals surface area contributed by atoms with Crippen LogP contribution in [0.1, 0.15) is 56.4 Å². The number of rotatable bonds is 1. The summed E-state index contributed by atoms with van der Waals surface area (Å²) >= 11 is 0. The average Bonchev–Trinajstić information content (AvgIpc) is 3.20. The Bertz CT molecular complexity index is 1070. The van der Waals surface area contributed by atoms with E-state index in [4.69, 9.17) is 9.26 Å². The molecule has 30 heavy (non-hydrogen) atoms. The Morgan fingerprint density at radius 2 is 2.03 bits per heavy atom. The predicted molar refractivity (Wildman–Crippen MR) is 107 cm³/mol. The standard InChI is InChI=1S/C22H25N3O5/c1-21(2,3)29-20(28)25-10-22(11-25)8-12-4-5-13-17(24-30-18(13)15(12)9-22)14-6-7-16(26)23-19(14)27/h4-5,14H,6-11H2,1-3H3,(H,23,26,27). The molecule has 0 radical (unpaired) electrons. The van der Waals surface area contributed by atoms with Gasteiger partial charge in [0.1, 0.15) is 11.3 Å².